The van der Waals surface area contributed by atoms with E-state index in [1.807, 2.05) is 11.7 Å². The number of rotatable bonds is 4. The van der Waals surface area contributed by atoms with Crippen molar-refractivity contribution in [2.24, 2.45) is 7.05 Å². The van der Waals surface area contributed by atoms with Crippen molar-refractivity contribution in [2.75, 3.05) is 20.3 Å². The minimum atomic E-state index is -5.08. The highest BCUT2D eigenvalue weighted by atomic mass is 32.1. The first-order valence-corrected chi connectivity index (χ1v) is 8.57. The van der Waals surface area contributed by atoms with Crippen LogP contribution in [0.25, 0.3) is 0 Å². The van der Waals surface area contributed by atoms with E-state index < -0.39 is 12.1 Å². The van der Waals surface area contributed by atoms with Gasteiger partial charge in [-0.1, -0.05) is 5.21 Å². The average Bonchev–Trinajstić information content (AvgIpc) is 3.18. The van der Waals surface area contributed by atoms with Gasteiger partial charge in [0.25, 0.3) is 0 Å². The molecular formula is C15H19F3N4O3S. The lowest BCUT2D eigenvalue weighted by atomic mass is 9.98. The van der Waals surface area contributed by atoms with Gasteiger partial charge in [-0.3, -0.25) is 9.58 Å². The van der Waals surface area contributed by atoms with E-state index in [9.17, 15) is 13.2 Å². The Hall–Kier alpha value is -1.98. The second kappa shape index (κ2) is 8.60. The number of aryl methyl sites for hydroxylation is 1. The number of ether oxygens (including phenoxy) is 1. The molecule has 0 spiro atoms. The summed E-state index contributed by atoms with van der Waals surface area (Å²) in [5.74, 6) is -2.40. The Labute approximate surface area is 152 Å². The summed E-state index contributed by atoms with van der Waals surface area (Å²) in [6.07, 6.45) is -5.08. The zero-order valence-electron chi connectivity index (χ0n) is 14.2. The van der Waals surface area contributed by atoms with Crippen LogP contribution in [0.5, 0.6) is 0 Å². The number of carboxylic acids is 1. The number of aromatic nitrogens is 3. The first kappa shape index (κ1) is 20.3. The lowest BCUT2D eigenvalue weighted by molar-refractivity contribution is -0.192. The SMILES string of the molecule is COCC1CN(Cc2ccsc2)Cc2nnn(C)c21.O=C(O)C(F)(F)F. The molecule has 2 aromatic rings. The maximum atomic E-state index is 10.6. The third-order valence-corrected chi connectivity index (χ3v) is 4.51. The number of nitrogens with zero attached hydrogens (tertiary/aromatic N) is 4. The fourth-order valence-corrected chi connectivity index (χ4v) is 3.45. The maximum absolute atomic E-state index is 10.6. The number of halogens is 3. The summed E-state index contributed by atoms with van der Waals surface area (Å²) >= 11 is 1.75. The highest BCUT2D eigenvalue weighted by Crippen LogP contribution is 2.27. The highest BCUT2D eigenvalue weighted by molar-refractivity contribution is 7.07. The topological polar surface area (TPSA) is 80.5 Å². The van der Waals surface area contributed by atoms with Crippen LogP contribution >= 0.6 is 11.3 Å². The normalized spacial score (nSPS) is 17.3. The molecule has 1 aliphatic heterocycles. The Balaban J connectivity index is 0.000000298. The van der Waals surface area contributed by atoms with Crippen LogP contribution in [0, 0.1) is 0 Å². The molecule has 0 aromatic carbocycles. The maximum Gasteiger partial charge on any atom is 0.490 e. The van der Waals surface area contributed by atoms with Gasteiger partial charge in [0.15, 0.2) is 0 Å². The fourth-order valence-electron chi connectivity index (χ4n) is 2.79. The van der Waals surface area contributed by atoms with E-state index >= 15 is 0 Å². The summed E-state index contributed by atoms with van der Waals surface area (Å²) < 4.78 is 39.0. The van der Waals surface area contributed by atoms with Gasteiger partial charge in [-0.15, -0.1) is 5.10 Å². The Bertz CT molecular complexity index is 718. The molecule has 0 fully saturated rings. The van der Waals surface area contributed by atoms with Crippen LogP contribution in [0.4, 0.5) is 13.2 Å². The van der Waals surface area contributed by atoms with E-state index in [-0.39, 0.29) is 0 Å². The van der Waals surface area contributed by atoms with Crippen LogP contribution < -0.4 is 0 Å². The number of fused-ring (bicyclic) bond motifs is 1. The lowest BCUT2D eigenvalue weighted by Crippen LogP contribution is -2.35. The van der Waals surface area contributed by atoms with Crippen LogP contribution in [-0.4, -0.2) is 57.4 Å². The standard InChI is InChI=1S/C13H18N4OS.C2HF3O2/c1-16-13-11(8-18-2)6-17(7-12(13)14-15-16)5-10-3-4-19-9-10;3-2(4,5)1(6)7/h3-4,9,11H,5-8H2,1-2H3;(H,6,7). The van der Waals surface area contributed by atoms with E-state index in [4.69, 9.17) is 14.6 Å². The van der Waals surface area contributed by atoms with Crippen LogP contribution in [-0.2, 0) is 29.7 Å². The third kappa shape index (κ3) is 5.26. The number of carboxylic acid groups (broad SMARTS) is 1. The molecule has 1 aliphatic rings. The molecule has 1 atom stereocenters. The number of carbonyl (C=O) groups is 1. The van der Waals surface area contributed by atoms with Gasteiger partial charge < -0.3 is 9.84 Å². The van der Waals surface area contributed by atoms with Crippen LogP contribution in [0.15, 0.2) is 16.8 Å². The molecule has 0 aliphatic carbocycles. The molecule has 2 aromatic heterocycles. The molecular weight excluding hydrogens is 373 g/mol. The molecule has 144 valence electrons. The monoisotopic (exact) mass is 392 g/mol. The molecule has 0 bridgehead atoms. The number of aliphatic carboxylic acids is 1. The Morgan fingerprint density at radius 1 is 1.50 bits per heavy atom. The van der Waals surface area contributed by atoms with E-state index in [1.54, 1.807) is 18.4 Å². The summed E-state index contributed by atoms with van der Waals surface area (Å²) in [5, 5.41) is 19.9. The highest BCUT2D eigenvalue weighted by Gasteiger charge is 2.38. The Morgan fingerprint density at radius 2 is 2.19 bits per heavy atom. The number of hydrogen-bond acceptors (Lipinski definition) is 6. The van der Waals surface area contributed by atoms with E-state index in [0.29, 0.717) is 12.5 Å². The van der Waals surface area contributed by atoms with Crippen LogP contribution in [0.1, 0.15) is 22.9 Å². The van der Waals surface area contributed by atoms with Crippen LogP contribution in [0.2, 0.25) is 0 Å². The van der Waals surface area contributed by atoms with Crippen molar-refractivity contribution in [1.82, 2.24) is 19.9 Å². The molecule has 0 radical (unpaired) electrons. The van der Waals surface area contributed by atoms with Gasteiger partial charge in [0.2, 0.25) is 0 Å². The molecule has 0 saturated carbocycles. The summed E-state index contributed by atoms with van der Waals surface area (Å²) in [4.78, 5) is 11.3. The van der Waals surface area contributed by atoms with Crippen molar-refractivity contribution in [3.63, 3.8) is 0 Å². The number of alkyl halides is 3. The van der Waals surface area contributed by atoms with Crippen molar-refractivity contribution >= 4 is 17.3 Å². The minimum absolute atomic E-state index is 0.354. The van der Waals surface area contributed by atoms with Gasteiger partial charge >= 0.3 is 12.1 Å². The van der Waals surface area contributed by atoms with Crippen LogP contribution in [0.3, 0.4) is 0 Å². The Morgan fingerprint density at radius 3 is 2.73 bits per heavy atom. The number of hydrogen-bond donors (Lipinski definition) is 1. The van der Waals surface area contributed by atoms with Gasteiger partial charge in [0.05, 0.1) is 12.3 Å². The number of methoxy groups -OCH3 is 1. The smallest absolute Gasteiger partial charge is 0.475 e. The van der Waals surface area contributed by atoms with E-state index in [2.05, 4.69) is 32.0 Å². The summed E-state index contributed by atoms with van der Waals surface area (Å²) in [5.41, 5.74) is 3.68. The Kier molecular flexibility index (Phi) is 6.73. The van der Waals surface area contributed by atoms with Crippen molar-refractivity contribution in [3.8, 4) is 0 Å². The van der Waals surface area contributed by atoms with Crippen molar-refractivity contribution < 1.29 is 27.8 Å². The fraction of sp³-hybridized carbons (Fsp3) is 0.533. The van der Waals surface area contributed by atoms with Crippen molar-refractivity contribution in [1.29, 1.82) is 0 Å². The largest absolute Gasteiger partial charge is 0.490 e. The quantitative estimate of drug-likeness (QED) is 0.860. The third-order valence-electron chi connectivity index (χ3n) is 3.78. The second-order valence-electron chi connectivity index (χ2n) is 5.80. The van der Waals surface area contributed by atoms with Gasteiger partial charge in [0.1, 0.15) is 5.69 Å². The first-order valence-electron chi connectivity index (χ1n) is 7.63. The summed E-state index contributed by atoms with van der Waals surface area (Å²) in [6.45, 7) is 3.56. The first-order chi connectivity index (χ1) is 12.2. The zero-order chi connectivity index (χ0) is 19.3. The molecule has 11 heteroatoms. The van der Waals surface area contributed by atoms with Gasteiger partial charge in [-0.25, -0.2) is 4.79 Å². The summed E-state index contributed by atoms with van der Waals surface area (Å²) in [7, 11) is 3.71. The zero-order valence-corrected chi connectivity index (χ0v) is 15.0. The van der Waals surface area contributed by atoms with Gasteiger partial charge in [-0.05, 0) is 22.4 Å². The van der Waals surface area contributed by atoms with E-state index in [1.165, 1.54) is 11.3 Å². The minimum Gasteiger partial charge on any atom is -0.475 e. The molecule has 0 amide bonds. The van der Waals surface area contributed by atoms with E-state index in [0.717, 1.165) is 25.3 Å². The van der Waals surface area contributed by atoms with Gasteiger partial charge in [0, 0.05) is 39.7 Å². The van der Waals surface area contributed by atoms with Crippen molar-refractivity contribution in [3.05, 3.63) is 33.8 Å². The predicted molar refractivity (Wildman–Crippen MR) is 87.7 cm³/mol. The second-order valence-corrected chi connectivity index (χ2v) is 6.58. The summed E-state index contributed by atoms with van der Waals surface area (Å²) in [6, 6.07) is 2.18. The molecule has 3 rings (SSSR count). The molecule has 0 saturated heterocycles. The predicted octanol–water partition coefficient (Wildman–Crippen LogP) is 2.26. The van der Waals surface area contributed by atoms with Gasteiger partial charge in [-0.2, -0.15) is 24.5 Å². The van der Waals surface area contributed by atoms with Crippen molar-refractivity contribution in [2.45, 2.75) is 25.2 Å². The average molecular weight is 392 g/mol. The lowest BCUT2D eigenvalue weighted by Gasteiger charge is -2.31. The molecule has 1 unspecified atom stereocenters. The number of thiophene rings is 1. The molecule has 7 nitrogen and oxygen atoms in total. The molecule has 3 heterocycles. The molecule has 1 N–H and O–H groups in total. The molecule has 26 heavy (non-hydrogen) atoms.